The number of hydrogen-bond donors (Lipinski definition) is 0. The fourth-order valence-corrected chi connectivity index (χ4v) is 3.83. The Kier molecular flexibility index (Phi) is 6.29. The molecule has 7 heteroatoms. The van der Waals surface area contributed by atoms with E-state index in [0.717, 1.165) is 23.5 Å². The van der Waals surface area contributed by atoms with E-state index in [1.54, 1.807) is 18.2 Å². The maximum atomic E-state index is 13.8. The lowest BCUT2D eigenvalue weighted by Crippen LogP contribution is -2.47. The summed E-state index contributed by atoms with van der Waals surface area (Å²) < 4.78 is 19.4. The van der Waals surface area contributed by atoms with E-state index in [1.807, 2.05) is 23.1 Å². The van der Waals surface area contributed by atoms with Gasteiger partial charge in [-0.25, -0.2) is 4.39 Å². The molecule has 0 unspecified atom stereocenters. The highest BCUT2D eigenvalue weighted by Gasteiger charge is 2.20. The van der Waals surface area contributed by atoms with E-state index in [9.17, 15) is 9.18 Å². The van der Waals surface area contributed by atoms with Crippen molar-refractivity contribution >= 4 is 34.9 Å². The lowest BCUT2D eigenvalue weighted by atomic mass is 10.2. The van der Waals surface area contributed by atoms with Gasteiger partial charge in [0, 0.05) is 43.7 Å². The topological polar surface area (TPSA) is 32.8 Å². The second-order valence-electron chi connectivity index (χ2n) is 6.05. The number of carbonyl (C=O) groups excluding carboxylic acids is 1. The summed E-state index contributed by atoms with van der Waals surface area (Å²) in [6, 6.07) is 8.73. The molecule has 0 N–H and O–H groups in total. The lowest BCUT2D eigenvalue weighted by Gasteiger charge is -2.34. The van der Waals surface area contributed by atoms with Crippen LogP contribution in [0.2, 0.25) is 4.34 Å². The van der Waals surface area contributed by atoms with Crippen LogP contribution in [-0.2, 0) is 11.3 Å². The molecule has 1 saturated heterocycles. The molecule has 1 aliphatic heterocycles. The fourth-order valence-electron chi connectivity index (χ4n) is 2.87. The van der Waals surface area contributed by atoms with Crippen molar-refractivity contribution in [3.63, 3.8) is 0 Å². The van der Waals surface area contributed by atoms with Crippen LogP contribution < -0.4 is 4.74 Å². The summed E-state index contributed by atoms with van der Waals surface area (Å²) in [7, 11) is 1.45. The molecule has 0 bridgehead atoms. The Morgan fingerprint density at radius 1 is 1.27 bits per heavy atom. The number of nitrogens with zero attached hydrogens (tertiary/aromatic N) is 2. The van der Waals surface area contributed by atoms with Crippen LogP contribution in [0.15, 0.2) is 36.4 Å². The summed E-state index contributed by atoms with van der Waals surface area (Å²) in [6.45, 7) is 3.50. The molecule has 1 aromatic carbocycles. The number of ether oxygens (including phenoxy) is 1. The predicted molar refractivity (Wildman–Crippen MR) is 103 cm³/mol. The number of carbonyl (C=O) groups is 1. The van der Waals surface area contributed by atoms with E-state index in [1.165, 1.54) is 24.5 Å². The number of thiophene rings is 1. The molecule has 0 spiro atoms. The van der Waals surface area contributed by atoms with Crippen molar-refractivity contribution in [1.29, 1.82) is 0 Å². The third kappa shape index (κ3) is 4.84. The van der Waals surface area contributed by atoms with Crippen molar-refractivity contribution in [2.24, 2.45) is 0 Å². The molecule has 0 radical (unpaired) electrons. The molecule has 3 rings (SSSR count). The second kappa shape index (κ2) is 8.66. The maximum Gasteiger partial charge on any atom is 0.246 e. The van der Waals surface area contributed by atoms with Gasteiger partial charge in [-0.15, -0.1) is 11.3 Å². The molecule has 26 heavy (non-hydrogen) atoms. The number of hydrogen-bond acceptors (Lipinski definition) is 4. The second-order valence-corrected chi connectivity index (χ2v) is 7.79. The SMILES string of the molecule is COc1ccc(CN2CCN(C(=O)/C=C/c3ccc(Cl)s3)CC2)cc1F. The summed E-state index contributed by atoms with van der Waals surface area (Å²) in [5, 5.41) is 0. The summed E-state index contributed by atoms with van der Waals surface area (Å²) in [5.41, 5.74) is 0.901. The van der Waals surface area contributed by atoms with Crippen molar-refractivity contribution in [3.8, 4) is 5.75 Å². The van der Waals surface area contributed by atoms with Gasteiger partial charge in [0.2, 0.25) is 5.91 Å². The highest BCUT2D eigenvalue weighted by atomic mass is 35.5. The minimum atomic E-state index is -0.349. The molecular weight excluding hydrogens is 375 g/mol. The Hall–Kier alpha value is -1.89. The quantitative estimate of drug-likeness (QED) is 0.721. The predicted octanol–water partition coefficient (Wildman–Crippen LogP) is 3.91. The lowest BCUT2D eigenvalue weighted by molar-refractivity contribution is -0.127. The van der Waals surface area contributed by atoms with E-state index < -0.39 is 0 Å². The zero-order valence-corrected chi connectivity index (χ0v) is 16.0. The number of amides is 1. The highest BCUT2D eigenvalue weighted by Crippen LogP contribution is 2.22. The number of benzene rings is 1. The van der Waals surface area contributed by atoms with Crippen LogP contribution in [-0.4, -0.2) is 49.0 Å². The standard InChI is InChI=1S/C19H20ClFN2O2S/c1-25-17-5-2-14(12-16(17)21)13-22-8-10-23(11-9-22)19(24)7-4-15-3-6-18(20)26-15/h2-7,12H,8-11,13H2,1H3/b7-4+. The number of rotatable bonds is 5. The molecule has 0 atom stereocenters. The highest BCUT2D eigenvalue weighted by molar-refractivity contribution is 7.17. The summed E-state index contributed by atoms with van der Waals surface area (Å²) in [5.74, 6) is -0.0923. The van der Waals surface area contributed by atoms with Crippen LogP contribution in [0.4, 0.5) is 4.39 Å². The molecule has 1 aliphatic rings. The van der Waals surface area contributed by atoms with Crippen LogP contribution in [0.5, 0.6) is 5.75 Å². The van der Waals surface area contributed by atoms with Crippen molar-refractivity contribution < 1.29 is 13.9 Å². The Balaban J connectivity index is 1.50. The van der Waals surface area contributed by atoms with Crippen molar-refractivity contribution in [2.45, 2.75) is 6.54 Å². The van der Waals surface area contributed by atoms with E-state index in [0.29, 0.717) is 24.0 Å². The van der Waals surface area contributed by atoms with Gasteiger partial charge in [-0.1, -0.05) is 17.7 Å². The van der Waals surface area contributed by atoms with Gasteiger partial charge in [0.05, 0.1) is 11.4 Å². The zero-order valence-electron chi connectivity index (χ0n) is 14.5. The van der Waals surface area contributed by atoms with Crippen LogP contribution in [0.25, 0.3) is 6.08 Å². The molecule has 1 fully saturated rings. The van der Waals surface area contributed by atoms with E-state index in [2.05, 4.69) is 4.90 Å². The molecule has 1 amide bonds. The van der Waals surface area contributed by atoms with Crippen molar-refractivity contribution in [2.75, 3.05) is 33.3 Å². The van der Waals surface area contributed by atoms with Gasteiger partial charge in [0.25, 0.3) is 0 Å². The van der Waals surface area contributed by atoms with Gasteiger partial charge in [-0.2, -0.15) is 0 Å². The molecular formula is C19H20ClFN2O2S. The number of piperazine rings is 1. The third-order valence-corrected chi connectivity index (χ3v) is 5.49. The number of halogens is 2. The molecule has 0 saturated carbocycles. The third-order valence-electron chi connectivity index (χ3n) is 4.29. The average molecular weight is 395 g/mol. The Bertz CT molecular complexity index is 801. The van der Waals surface area contributed by atoms with Gasteiger partial charge in [-0.3, -0.25) is 9.69 Å². The number of methoxy groups -OCH3 is 1. The van der Waals surface area contributed by atoms with Gasteiger partial charge in [0.1, 0.15) is 0 Å². The Morgan fingerprint density at radius 3 is 2.65 bits per heavy atom. The van der Waals surface area contributed by atoms with Gasteiger partial charge in [0.15, 0.2) is 11.6 Å². The molecule has 4 nitrogen and oxygen atoms in total. The van der Waals surface area contributed by atoms with E-state index in [-0.39, 0.29) is 17.5 Å². The maximum absolute atomic E-state index is 13.8. The van der Waals surface area contributed by atoms with Crippen LogP contribution in [0, 0.1) is 5.82 Å². The summed E-state index contributed by atoms with van der Waals surface area (Å²) >= 11 is 7.33. The first-order chi connectivity index (χ1) is 12.5. The van der Waals surface area contributed by atoms with Crippen LogP contribution >= 0.6 is 22.9 Å². The molecule has 0 aliphatic carbocycles. The molecule has 138 valence electrons. The summed E-state index contributed by atoms with van der Waals surface area (Å²) in [6.07, 6.45) is 3.39. The van der Waals surface area contributed by atoms with Crippen LogP contribution in [0.1, 0.15) is 10.4 Å². The first-order valence-electron chi connectivity index (χ1n) is 8.32. The average Bonchev–Trinajstić information content (AvgIpc) is 3.06. The first-order valence-corrected chi connectivity index (χ1v) is 9.51. The monoisotopic (exact) mass is 394 g/mol. The van der Waals surface area contributed by atoms with Gasteiger partial charge in [-0.05, 0) is 35.9 Å². The smallest absolute Gasteiger partial charge is 0.246 e. The fraction of sp³-hybridized carbons (Fsp3) is 0.316. The Labute approximate surface area is 161 Å². The van der Waals surface area contributed by atoms with E-state index in [4.69, 9.17) is 16.3 Å². The Morgan fingerprint density at radius 2 is 2.04 bits per heavy atom. The van der Waals surface area contributed by atoms with Crippen LogP contribution in [0.3, 0.4) is 0 Å². The molecule has 2 aromatic rings. The normalized spacial score (nSPS) is 15.6. The summed E-state index contributed by atoms with van der Waals surface area (Å²) in [4.78, 5) is 17.3. The first kappa shape index (κ1) is 18.9. The van der Waals surface area contributed by atoms with Gasteiger partial charge < -0.3 is 9.64 Å². The molecule has 1 aromatic heterocycles. The van der Waals surface area contributed by atoms with Gasteiger partial charge >= 0.3 is 0 Å². The van der Waals surface area contributed by atoms with Crippen molar-refractivity contribution in [1.82, 2.24) is 9.80 Å². The van der Waals surface area contributed by atoms with Crippen molar-refractivity contribution in [3.05, 3.63) is 57.0 Å². The molecule has 2 heterocycles. The zero-order chi connectivity index (χ0) is 18.5. The minimum Gasteiger partial charge on any atom is -0.494 e. The van der Waals surface area contributed by atoms with E-state index >= 15 is 0 Å². The largest absolute Gasteiger partial charge is 0.494 e. The minimum absolute atomic E-state index is 0.00432.